The van der Waals surface area contributed by atoms with Crippen LogP contribution in [0.25, 0.3) is 11.3 Å². The van der Waals surface area contributed by atoms with E-state index in [9.17, 15) is 0 Å². The third-order valence-corrected chi connectivity index (χ3v) is 6.19. The van der Waals surface area contributed by atoms with E-state index in [4.69, 9.17) is 27.2 Å². The third kappa shape index (κ3) is 5.76. The lowest BCUT2D eigenvalue weighted by molar-refractivity contribution is 0.269. The number of ether oxygens (including phenoxy) is 1. The van der Waals surface area contributed by atoms with E-state index in [1.165, 1.54) is 0 Å². The number of nitrogens with zero attached hydrogens (tertiary/aromatic N) is 4. The number of halogens is 1. The van der Waals surface area contributed by atoms with Gasteiger partial charge in [-0.2, -0.15) is 5.10 Å². The number of aromatic nitrogens is 3. The van der Waals surface area contributed by atoms with Crippen LogP contribution in [0, 0.1) is 0 Å². The Bertz CT molecular complexity index is 1340. The number of amidine groups is 1. The van der Waals surface area contributed by atoms with Gasteiger partial charge in [-0.3, -0.25) is 9.67 Å². The van der Waals surface area contributed by atoms with Gasteiger partial charge in [0.25, 0.3) is 0 Å². The number of pyridine rings is 1. The van der Waals surface area contributed by atoms with E-state index in [1.54, 1.807) is 54.1 Å². The number of aliphatic imine (C=N–C) groups is 1. The molecule has 0 bridgehead atoms. The van der Waals surface area contributed by atoms with Crippen LogP contribution in [0.2, 0.25) is 5.02 Å². The second-order valence-electron chi connectivity index (χ2n) is 7.42. The molecule has 0 unspecified atom stereocenters. The van der Waals surface area contributed by atoms with Gasteiger partial charge < -0.3 is 20.9 Å². The van der Waals surface area contributed by atoms with Crippen molar-refractivity contribution in [3.8, 4) is 22.8 Å². The molecule has 2 aromatic heterocycles. The maximum Gasteiger partial charge on any atom is 0.175 e. The molecule has 0 saturated carbocycles. The van der Waals surface area contributed by atoms with E-state index >= 15 is 0 Å². The Hall–Kier alpha value is -3.53. The molecule has 4 rings (SSSR count). The maximum absolute atomic E-state index is 9.14. The molecule has 2 aromatic carbocycles. The van der Waals surface area contributed by atoms with Crippen LogP contribution < -0.4 is 15.8 Å². The average molecular weight is 509 g/mol. The topological polar surface area (TPSA) is 111 Å². The molecule has 180 valence electrons. The number of aliphatic hydroxyl groups is 1. The Balaban J connectivity index is 1.82. The minimum Gasteiger partial charge on any atom is -0.455 e. The van der Waals surface area contributed by atoms with Gasteiger partial charge in [-0.25, -0.2) is 4.99 Å². The van der Waals surface area contributed by atoms with Crippen LogP contribution in [0.5, 0.6) is 11.5 Å². The molecule has 0 aliphatic heterocycles. The molecule has 10 heteroatoms. The predicted molar refractivity (Wildman–Crippen MR) is 142 cm³/mol. The van der Waals surface area contributed by atoms with Gasteiger partial charge in [-0.1, -0.05) is 11.6 Å². The largest absolute Gasteiger partial charge is 0.455 e. The van der Waals surface area contributed by atoms with Crippen molar-refractivity contribution in [2.24, 2.45) is 10.7 Å². The zero-order valence-corrected chi connectivity index (χ0v) is 20.8. The first-order valence-corrected chi connectivity index (χ1v) is 12.4. The highest BCUT2D eigenvalue weighted by Gasteiger charge is 2.18. The number of thioether (sulfide) groups is 1. The second-order valence-corrected chi connectivity index (χ2v) is 8.70. The fourth-order valence-electron chi connectivity index (χ4n) is 3.48. The van der Waals surface area contributed by atoms with E-state index in [-0.39, 0.29) is 12.4 Å². The number of nitrogens with one attached hydrogen (secondary N) is 1. The fraction of sp³-hybridized carbons (Fsp3) is 0.160. The number of anilines is 1. The number of hydrogen-bond donors (Lipinski definition) is 3. The molecule has 0 aliphatic rings. The summed E-state index contributed by atoms with van der Waals surface area (Å²) in [5, 5.41) is 17.2. The van der Waals surface area contributed by atoms with Crippen molar-refractivity contribution in [1.29, 1.82) is 0 Å². The van der Waals surface area contributed by atoms with E-state index < -0.39 is 0 Å². The highest BCUT2D eigenvalue weighted by molar-refractivity contribution is 7.98. The summed E-state index contributed by atoms with van der Waals surface area (Å²) in [6, 6.07) is 16.8. The lowest BCUT2D eigenvalue weighted by Crippen LogP contribution is -2.16. The number of rotatable bonds is 9. The first-order valence-electron chi connectivity index (χ1n) is 10.8. The highest BCUT2D eigenvalue weighted by atomic mass is 35.5. The smallest absolute Gasteiger partial charge is 0.175 e. The highest BCUT2D eigenvalue weighted by Crippen LogP contribution is 2.38. The summed E-state index contributed by atoms with van der Waals surface area (Å²) in [7, 11) is 1.79. The zero-order valence-electron chi connectivity index (χ0n) is 19.3. The van der Waals surface area contributed by atoms with Crippen molar-refractivity contribution < 1.29 is 9.84 Å². The van der Waals surface area contributed by atoms with E-state index in [1.807, 2.05) is 42.7 Å². The van der Waals surface area contributed by atoms with Crippen LogP contribution >= 0.6 is 23.4 Å². The molecule has 0 amide bonds. The standard InChI is InChI=1S/C25H25ClN6O2S/c1-28-24-19(25(27)30-22-9-11-32(31-22)12-13-33)14-16(23-20(26)4-3-10-29-23)15-21(24)34-17-5-7-18(35-2)8-6-17/h3-11,14-15,28,33H,12-13H2,1-2H3,(H2,27,30,31). The van der Waals surface area contributed by atoms with Crippen molar-refractivity contribution in [3.05, 3.63) is 77.6 Å². The van der Waals surface area contributed by atoms with Gasteiger partial charge >= 0.3 is 0 Å². The van der Waals surface area contributed by atoms with Crippen LogP contribution in [-0.2, 0) is 6.54 Å². The fourth-order valence-corrected chi connectivity index (χ4v) is 4.12. The van der Waals surface area contributed by atoms with Crippen molar-refractivity contribution in [2.75, 3.05) is 25.2 Å². The summed E-state index contributed by atoms with van der Waals surface area (Å²) in [5.74, 6) is 1.88. The van der Waals surface area contributed by atoms with E-state index in [2.05, 4.69) is 20.4 Å². The average Bonchev–Trinajstić information content (AvgIpc) is 3.31. The normalized spacial score (nSPS) is 11.5. The monoisotopic (exact) mass is 508 g/mol. The van der Waals surface area contributed by atoms with Crippen LogP contribution in [0.3, 0.4) is 0 Å². The first kappa shape index (κ1) is 24.6. The summed E-state index contributed by atoms with van der Waals surface area (Å²) < 4.78 is 7.88. The molecule has 4 N–H and O–H groups in total. The SMILES string of the molecule is CNc1c(Oc2ccc(SC)cc2)cc(-c2ncccc2Cl)cc1C(N)=Nc1ccn(CCO)n1. The molecule has 0 fully saturated rings. The molecular weight excluding hydrogens is 484 g/mol. The van der Waals surface area contributed by atoms with Crippen molar-refractivity contribution >= 4 is 40.7 Å². The summed E-state index contributed by atoms with van der Waals surface area (Å²) >= 11 is 8.12. The Morgan fingerprint density at radius 2 is 2.03 bits per heavy atom. The van der Waals surface area contributed by atoms with Gasteiger partial charge in [0.2, 0.25) is 0 Å². The quantitative estimate of drug-likeness (QED) is 0.162. The van der Waals surface area contributed by atoms with Crippen molar-refractivity contribution in [1.82, 2.24) is 14.8 Å². The number of hydrogen-bond acceptors (Lipinski definition) is 7. The number of nitrogens with two attached hydrogens (primary N) is 1. The molecule has 4 aromatic rings. The zero-order chi connectivity index (χ0) is 24.8. The molecule has 2 heterocycles. The van der Waals surface area contributed by atoms with Crippen molar-refractivity contribution in [2.45, 2.75) is 11.4 Å². The van der Waals surface area contributed by atoms with Gasteiger partial charge in [0.1, 0.15) is 11.6 Å². The summed E-state index contributed by atoms with van der Waals surface area (Å²) in [6.45, 7) is 0.355. The molecule has 0 aliphatic carbocycles. The van der Waals surface area contributed by atoms with Crippen LogP contribution in [0.1, 0.15) is 5.56 Å². The molecular formula is C25H25ClN6O2S. The third-order valence-electron chi connectivity index (χ3n) is 5.14. The molecule has 0 saturated heterocycles. The number of benzene rings is 2. The Kier molecular flexibility index (Phi) is 7.91. The second kappa shape index (κ2) is 11.3. The molecule has 0 spiro atoms. The minimum atomic E-state index is -0.0181. The van der Waals surface area contributed by atoms with Gasteiger partial charge in [0.15, 0.2) is 11.6 Å². The van der Waals surface area contributed by atoms with Crippen molar-refractivity contribution in [3.63, 3.8) is 0 Å². The number of aliphatic hydroxyl groups excluding tert-OH is 1. The lowest BCUT2D eigenvalue weighted by Gasteiger charge is -2.17. The van der Waals surface area contributed by atoms with E-state index in [0.29, 0.717) is 45.8 Å². The summed E-state index contributed by atoms with van der Waals surface area (Å²) in [5.41, 5.74) is 9.06. The van der Waals surface area contributed by atoms with Gasteiger partial charge in [0.05, 0.1) is 29.6 Å². The summed E-state index contributed by atoms with van der Waals surface area (Å²) in [6.07, 6.45) is 5.44. The minimum absolute atomic E-state index is 0.0181. The molecule has 8 nitrogen and oxygen atoms in total. The van der Waals surface area contributed by atoms with Gasteiger partial charge in [-0.05, 0) is 54.8 Å². The van der Waals surface area contributed by atoms with Crippen LogP contribution in [0.4, 0.5) is 11.5 Å². The van der Waals surface area contributed by atoms with Gasteiger partial charge in [0, 0.05) is 41.5 Å². The molecule has 0 atom stereocenters. The Morgan fingerprint density at radius 3 is 2.71 bits per heavy atom. The Morgan fingerprint density at radius 1 is 1.23 bits per heavy atom. The maximum atomic E-state index is 9.14. The van der Waals surface area contributed by atoms with Gasteiger partial charge in [-0.15, -0.1) is 11.8 Å². The molecule has 35 heavy (non-hydrogen) atoms. The summed E-state index contributed by atoms with van der Waals surface area (Å²) in [4.78, 5) is 10.1. The first-order chi connectivity index (χ1) is 17.0. The van der Waals surface area contributed by atoms with E-state index in [0.717, 1.165) is 10.5 Å². The predicted octanol–water partition coefficient (Wildman–Crippen LogP) is 5.18. The lowest BCUT2D eigenvalue weighted by atomic mass is 10.0. The molecule has 0 radical (unpaired) electrons. The van der Waals surface area contributed by atoms with Crippen LogP contribution in [0.15, 0.2) is 76.9 Å². The van der Waals surface area contributed by atoms with Crippen LogP contribution in [-0.4, -0.2) is 45.6 Å². The Labute approximate surface area is 212 Å².